The molecule has 0 amide bonds. The molecule has 0 aliphatic rings. The lowest BCUT2D eigenvalue weighted by atomic mass is 10.3. The van der Waals surface area contributed by atoms with Gasteiger partial charge in [0.1, 0.15) is 11.5 Å². The molecule has 0 bridgehead atoms. The Labute approximate surface area is 110 Å². The molecule has 19 heavy (non-hydrogen) atoms. The summed E-state index contributed by atoms with van der Waals surface area (Å²) in [5, 5.41) is 3.05. The van der Waals surface area contributed by atoms with E-state index in [4.69, 9.17) is 4.42 Å². The van der Waals surface area contributed by atoms with Crippen molar-refractivity contribution < 1.29 is 4.42 Å². The lowest BCUT2D eigenvalue weighted by Crippen LogP contribution is -1.95. The fourth-order valence-electron chi connectivity index (χ4n) is 1.68. The molecular weight excluding hydrogens is 240 g/mol. The molecule has 5 nitrogen and oxygen atoms in total. The quantitative estimate of drug-likeness (QED) is 0.775. The predicted octanol–water partition coefficient (Wildman–Crippen LogP) is 3.18. The Morgan fingerprint density at radius 3 is 2.68 bits per heavy atom. The summed E-state index contributed by atoms with van der Waals surface area (Å²) < 4.78 is 5.60. The van der Waals surface area contributed by atoms with Crippen LogP contribution in [0.5, 0.6) is 0 Å². The third kappa shape index (κ3) is 2.44. The largest absolute Gasteiger partial charge is 0.422 e. The first-order valence-electron chi connectivity index (χ1n) is 5.89. The summed E-state index contributed by atoms with van der Waals surface area (Å²) in [6.07, 6.45) is 5.08. The standard InChI is InChI=1S/C14H12N4O/c1-10-5-4-8-16-13(10)18-14-17-9-12(19-14)11-6-2-3-7-15-11/h2-9H,1H3,(H,16,17,18). The van der Waals surface area contributed by atoms with E-state index in [1.165, 1.54) is 0 Å². The Kier molecular flexibility index (Phi) is 2.94. The van der Waals surface area contributed by atoms with E-state index in [9.17, 15) is 0 Å². The number of pyridine rings is 2. The predicted molar refractivity (Wildman–Crippen MR) is 72.0 cm³/mol. The average molecular weight is 252 g/mol. The van der Waals surface area contributed by atoms with Gasteiger partial charge < -0.3 is 4.42 Å². The maximum atomic E-state index is 5.60. The maximum absolute atomic E-state index is 5.60. The monoisotopic (exact) mass is 252 g/mol. The summed E-state index contributed by atoms with van der Waals surface area (Å²) in [6.45, 7) is 1.97. The smallest absolute Gasteiger partial charge is 0.300 e. The Balaban J connectivity index is 1.85. The first-order chi connectivity index (χ1) is 9.33. The second-order valence-corrected chi connectivity index (χ2v) is 4.04. The Hall–Kier alpha value is -2.69. The van der Waals surface area contributed by atoms with Gasteiger partial charge in [-0.25, -0.2) is 9.97 Å². The molecule has 0 fully saturated rings. The third-order valence-electron chi connectivity index (χ3n) is 2.66. The van der Waals surface area contributed by atoms with Gasteiger partial charge in [0.05, 0.1) is 6.20 Å². The summed E-state index contributed by atoms with van der Waals surface area (Å²) in [6, 6.07) is 9.89. The zero-order valence-electron chi connectivity index (χ0n) is 10.4. The summed E-state index contributed by atoms with van der Waals surface area (Å²) in [4.78, 5) is 12.6. The molecular formula is C14H12N4O. The zero-order valence-corrected chi connectivity index (χ0v) is 10.4. The molecule has 1 N–H and O–H groups in total. The number of nitrogens with zero attached hydrogens (tertiary/aromatic N) is 3. The van der Waals surface area contributed by atoms with Gasteiger partial charge in [0.2, 0.25) is 0 Å². The van der Waals surface area contributed by atoms with Gasteiger partial charge in [-0.15, -0.1) is 0 Å². The van der Waals surface area contributed by atoms with Gasteiger partial charge in [0.25, 0.3) is 0 Å². The van der Waals surface area contributed by atoms with Crippen molar-refractivity contribution in [2.45, 2.75) is 6.92 Å². The number of rotatable bonds is 3. The van der Waals surface area contributed by atoms with Crippen LogP contribution in [-0.2, 0) is 0 Å². The fraction of sp³-hybridized carbons (Fsp3) is 0.0714. The molecule has 94 valence electrons. The van der Waals surface area contributed by atoms with Crippen LogP contribution in [0.3, 0.4) is 0 Å². The van der Waals surface area contributed by atoms with Crippen molar-refractivity contribution in [2.24, 2.45) is 0 Å². The van der Waals surface area contributed by atoms with E-state index < -0.39 is 0 Å². The second kappa shape index (κ2) is 4.89. The zero-order chi connectivity index (χ0) is 13.1. The lowest BCUT2D eigenvalue weighted by Gasteiger charge is -2.03. The van der Waals surface area contributed by atoms with E-state index in [-0.39, 0.29) is 0 Å². The van der Waals surface area contributed by atoms with Crippen molar-refractivity contribution in [3.05, 3.63) is 54.5 Å². The van der Waals surface area contributed by atoms with E-state index in [1.54, 1.807) is 18.6 Å². The van der Waals surface area contributed by atoms with Crippen molar-refractivity contribution in [3.8, 4) is 11.5 Å². The van der Waals surface area contributed by atoms with Crippen LogP contribution in [0.4, 0.5) is 11.8 Å². The molecule has 0 spiro atoms. The Morgan fingerprint density at radius 2 is 1.89 bits per heavy atom. The van der Waals surface area contributed by atoms with Gasteiger partial charge >= 0.3 is 6.01 Å². The van der Waals surface area contributed by atoms with E-state index in [2.05, 4.69) is 20.3 Å². The molecule has 0 aliphatic heterocycles. The highest BCUT2D eigenvalue weighted by Crippen LogP contribution is 2.22. The molecule has 3 aromatic rings. The number of aryl methyl sites for hydroxylation is 1. The summed E-state index contributed by atoms with van der Waals surface area (Å²) in [5.74, 6) is 1.36. The van der Waals surface area contributed by atoms with E-state index in [0.29, 0.717) is 11.8 Å². The van der Waals surface area contributed by atoms with Crippen molar-refractivity contribution in [3.63, 3.8) is 0 Å². The number of oxazole rings is 1. The van der Waals surface area contributed by atoms with Gasteiger partial charge in [-0.05, 0) is 30.7 Å². The van der Waals surface area contributed by atoms with Crippen LogP contribution in [0.15, 0.2) is 53.3 Å². The van der Waals surface area contributed by atoms with Gasteiger partial charge in [-0.2, -0.15) is 0 Å². The maximum Gasteiger partial charge on any atom is 0.300 e. The summed E-state index contributed by atoms with van der Waals surface area (Å²) in [5.41, 5.74) is 1.78. The molecule has 3 heterocycles. The summed E-state index contributed by atoms with van der Waals surface area (Å²) >= 11 is 0. The molecule has 0 saturated heterocycles. The number of aromatic nitrogens is 3. The molecule has 3 rings (SSSR count). The molecule has 0 saturated carbocycles. The Bertz CT molecular complexity index is 679. The van der Waals surface area contributed by atoms with Crippen LogP contribution in [0.2, 0.25) is 0 Å². The van der Waals surface area contributed by atoms with Crippen LogP contribution in [0, 0.1) is 6.92 Å². The van der Waals surface area contributed by atoms with Gasteiger partial charge in [-0.3, -0.25) is 10.3 Å². The molecule has 0 aliphatic carbocycles. The summed E-state index contributed by atoms with van der Waals surface area (Å²) in [7, 11) is 0. The highest BCUT2D eigenvalue weighted by molar-refractivity contribution is 5.56. The van der Waals surface area contributed by atoms with Crippen LogP contribution in [0.1, 0.15) is 5.56 Å². The van der Waals surface area contributed by atoms with Crippen LogP contribution < -0.4 is 5.32 Å². The van der Waals surface area contributed by atoms with Crippen LogP contribution in [-0.4, -0.2) is 15.0 Å². The second-order valence-electron chi connectivity index (χ2n) is 4.04. The minimum atomic E-state index is 0.405. The third-order valence-corrected chi connectivity index (χ3v) is 2.66. The molecule has 0 atom stereocenters. The van der Waals surface area contributed by atoms with Gasteiger partial charge in [0.15, 0.2) is 5.76 Å². The SMILES string of the molecule is Cc1cccnc1Nc1ncc(-c2ccccn2)o1. The molecule has 0 unspecified atom stereocenters. The first-order valence-corrected chi connectivity index (χ1v) is 5.89. The van der Waals surface area contributed by atoms with Crippen molar-refractivity contribution in [1.82, 2.24) is 15.0 Å². The molecule has 3 aromatic heterocycles. The fourth-order valence-corrected chi connectivity index (χ4v) is 1.68. The molecule has 0 aromatic carbocycles. The van der Waals surface area contributed by atoms with Crippen LogP contribution >= 0.6 is 0 Å². The van der Waals surface area contributed by atoms with Gasteiger partial charge in [0, 0.05) is 12.4 Å². The molecule has 0 radical (unpaired) electrons. The highest BCUT2D eigenvalue weighted by Gasteiger charge is 2.08. The first kappa shape index (κ1) is 11.4. The number of hydrogen-bond acceptors (Lipinski definition) is 5. The van der Waals surface area contributed by atoms with Crippen molar-refractivity contribution in [1.29, 1.82) is 0 Å². The van der Waals surface area contributed by atoms with Crippen molar-refractivity contribution >= 4 is 11.8 Å². The number of nitrogens with one attached hydrogen (secondary N) is 1. The minimum Gasteiger partial charge on any atom is -0.422 e. The number of hydrogen-bond donors (Lipinski definition) is 1. The van der Waals surface area contributed by atoms with Crippen molar-refractivity contribution in [2.75, 3.05) is 5.32 Å². The normalized spacial score (nSPS) is 10.4. The number of anilines is 2. The van der Waals surface area contributed by atoms with E-state index in [0.717, 1.165) is 17.1 Å². The molecule has 5 heteroatoms. The van der Waals surface area contributed by atoms with E-state index >= 15 is 0 Å². The minimum absolute atomic E-state index is 0.405. The van der Waals surface area contributed by atoms with Crippen LogP contribution in [0.25, 0.3) is 11.5 Å². The lowest BCUT2D eigenvalue weighted by molar-refractivity contribution is 0.589. The topological polar surface area (TPSA) is 63.8 Å². The van der Waals surface area contributed by atoms with Gasteiger partial charge in [-0.1, -0.05) is 12.1 Å². The average Bonchev–Trinajstić information content (AvgIpc) is 2.91. The Morgan fingerprint density at radius 1 is 1.00 bits per heavy atom. The van der Waals surface area contributed by atoms with E-state index in [1.807, 2.05) is 37.3 Å². The highest BCUT2D eigenvalue weighted by atomic mass is 16.4.